The van der Waals surface area contributed by atoms with Gasteiger partial charge in [0.25, 0.3) is 5.91 Å². The van der Waals surface area contributed by atoms with Gasteiger partial charge in [0.1, 0.15) is 5.76 Å². The van der Waals surface area contributed by atoms with Gasteiger partial charge in [0.2, 0.25) is 5.91 Å². The summed E-state index contributed by atoms with van der Waals surface area (Å²) in [6, 6.07) is 16.1. The van der Waals surface area contributed by atoms with Crippen LogP contribution in [0.4, 0.5) is 5.69 Å². The Morgan fingerprint density at radius 2 is 1.87 bits per heavy atom. The second kappa shape index (κ2) is 8.53. The lowest BCUT2D eigenvalue weighted by molar-refractivity contribution is -0.121. The molecular weight excluding hydrogens is 378 g/mol. The van der Waals surface area contributed by atoms with Crippen molar-refractivity contribution in [2.75, 3.05) is 18.4 Å². The number of likely N-dealkylation sites (tertiary alicyclic amines) is 1. The highest BCUT2D eigenvalue weighted by Gasteiger charge is 2.30. The summed E-state index contributed by atoms with van der Waals surface area (Å²) in [6.07, 6.45) is 2.81. The lowest BCUT2D eigenvalue weighted by Crippen LogP contribution is -2.44. The maximum Gasteiger partial charge on any atom is 0.276 e. The second-order valence-corrected chi connectivity index (χ2v) is 7.79. The molecule has 2 aromatic carbocycles. The molecule has 30 heavy (non-hydrogen) atoms. The van der Waals surface area contributed by atoms with Crippen molar-refractivity contribution in [1.82, 2.24) is 9.88 Å². The summed E-state index contributed by atoms with van der Waals surface area (Å²) >= 11 is 0. The third kappa shape index (κ3) is 4.27. The number of benzene rings is 2. The van der Waals surface area contributed by atoms with Crippen LogP contribution in [0.25, 0.3) is 11.1 Å². The van der Waals surface area contributed by atoms with Crippen LogP contribution >= 0.6 is 0 Å². The molecule has 0 radical (unpaired) electrons. The number of oxazole rings is 1. The van der Waals surface area contributed by atoms with E-state index < -0.39 is 0 Å². The van der Waals surface area contributed by atoms with Crippen molar-refractivity contribution in [3.8, 4) is 11.1 Å². The highest BCUT2D eigenvalue weighted by Crippen LogP contribution is 2.25. The summed E-state index contributed by atoms with van der Waals surface area (Å²) in [5, 5.41) is 3.03. The molecule has 6 heteroatoms. The molecule has 0 unspecified atom stereocenters. The Kier molecular flexibility index (Phi) is 5.65. The van der Waals surface area contributed by atoms with Crippen molar-refractivity contribution in [2.45, 2.75) is 26.7 Å². The molecule has 1 aliphatic rings. The summed E-state index contributed by atoms with van der Waals surface area (Å²) in [5.74, 6) is 0.00281. The summed E-state index contributed by atoms with van der Waals surface area (Å²) in [7, 11) is 0. The molecule has 3 aromatic rings. The highest BCUT2D eigenvalue weighted by molar-refractivity contribution is 5.96. The molecule has 1 aliphatic heterocycles. The number of nitrogens with zero attached hydrogens (tertiary/aromatic N) is 2. The molecule has 0 aliphatic carbocycles. The Morgan fingerprint density at radius 3 is 2.60 bits per heavy atom. The number of hydrogen-bond donors (Lipinski definition) is 1. The minimum atomic E-state index is -0.252. The molecule has 0 bridgehead atoms. The van der Waals surface area contributed by atoms with E-state index in [2.05, 4.69) is 35.4 Å². The van der Waals surface area contributed by atoms with Crippen LogP contribution in [0.3, 0.4) is 0 Å². The van der Waals surface area contributed by atoms with Crippen LogP contribution in [0.1, 0.15) is 34.7 Å². The van der Waals surface area contributed by atoms with Gasteiger partial charge < -0.3 is 14.6 Å². The third-order valence-electron chi connectivity index (χ3n) is 5.51. The number of hydrogen-bond acceptors (Lipinski definition) is 4. The normalized spacial score (nSPS) is 16.3. The van der Waals surface area contributed by atoms with E-state index in [4.69, 9.17) is 4.42 Å². The van der Waals surface area contributed by atoms with E-state index in [1.54, 1.807) is 11.8 Å². The van der Waals surface area contributed by atoms with Crippen LogP contribution < -0.4 is 5.32 Å². The van der Waals surface area contributed by atoms with Gasteiger partial charge in [0, 0.05) is 18.8 Å². The number of piperidine rings is 1. The zero-order valence-corrected chi connectivity index (χ0v) is 17.2. The van der Waals surface area contributed by atoms with Crippen molar-refractivity contribution in [3.05, 3.63) is 71.9 Å². The molecule has 2 heterocycles. The average molecular weight is 403 g/mol. The van der Waals surface area contributed by atoms with Crippen molar-refractivity contribution >= 4 is 17.5 Å². The minimum absolute atomic E-state index is 0.0641. The second-order valence-electron chi connectivity index (χ2n) is 7.79. The molecular formula is C24H25N3O3. The average Bonchev–Trinajstić information content (AvgIpc) is 3.19. The molecule has 2 amide bonds. The van der Waals surface area contributed by atoms with Crippen molar-refractivity contribution in [3.63, 3.8) is 0 Å². The first kappa shape index (κ1) is 19.9. The quantitative estimate of drug-likeness (QED) is 0.698. The van der Waals surface area contributed by atoms with Crippen LogP contribution in [-0.4, -0.2) is 34.8 Å². The molecule has 1 aromatic heterocycles. The maximum atomic E-state index is 12.9. The standard InChI is InChI=1S/C24H25N3O3/c1-16-6-3-7-18(12-16)19-8-4-10-21(13-19)26-23(28)20-9-5-11-27(14-20)24(29)22-17(2)30-15-25-22/h3-4,6-8,10,12-13,15,20H,5,9,11,14H2,1-2H3,(H,26,28)/t20-/m0/s1. The third-order valence-corrected chi connectivity index (χ3v) is 5.51. The van der Waals surface area contributed by atoms with Crippen LogP contribution in [-0.2, 0) is 4.79 Å². The molecule has 1 atom stereocenters. The van der Waals surface area contributed by atoms with Crippen molar-refractivity contribution < 1.29 is 14.0 Å². The largest absolute Gasteiger partial charge is 0.448 e. The molecule has 1 saturated heterocycles. The van der Waals surface area contributed by atoms with Gasteiger partial charge in [0.05, 0.1) is 5.92 Å². The van der Waals surface area contributed by atoms with E-state index in [-0.39, 0.29) is 17.7 Å². The number of aromatic nitrogens is 1. The zero-order valence-electron chi connectivity index (χ0n) is 17.2. The zero-order chi connectivity index (χ0) is 21.1. The van der Waals surface area contributed by atoms with Gasteiger partial charge in [-0.1, -0.05) is 42.0 Å². The number of rotatable bonds is 4. The number of amides is 2. The number of anilines is 1. The fourth-order valence-electron chi connectivity index (χ4n) is 3.88. The first-order chi connectivity index (χ1) is 14.5. The first-order valence-corrected chi connectivity index (χ1v) is 10.2. The molecule has 4 rings (SSSR count). The number of carbonyl (C=O) groups excluding carboxylic acids is 2. The predicted molar refractivity (Wildman–Crippen MR) is 115 cm³/mol. The van der Waals surface area contributed by atoms with E-state index in [1.165, 1.54) is 12.0 Å². The topological polar surface area (TPSA) is 75.4 Å². The monoisotopic (exact) mass is 403 g/mol. The fourth-order valence-corrected chi connectivity index (χ4v) is 3.88. The lowest BCUT2D eigenvalue weighted by atomic mass is 9.96. The van der Waals surface area contributed by atoms with Crippen molar-refractivity contribution in [1.29, 1.82) is 0 Å². The summed E-state index contributed by atoms with van der Waals surface area (Å²) < 4.78 is 5.15. The van der Waals surface area contributed by atoms with Gasteiger partial charge >= 0.3 is 0 Å². The Bertz CT molecular complexity index is 1070. The first-order valence-electron chi connectivity index (χ1n) is 10.2. The number of carbonyl (C=O) groups is 2. The van der Waals surface area contributed by atoms with Gasteiger partial charge in [0.15, 0.2) is 12.1 Å². The van der Waals surface area contributed by atoms with Gasteiger partial charge in [-0.3, -0.25) is 9.59 Å². The van der Waals surface area contributed by atoms with E-state index in [0.717, 1.165) is 29.7 Å². The van der Waals surface area contributed by atoms with Gasteiger partial charge in [-0.2, -0.15) is 0 Å². The molecule has 0 saturated carbocycles. The summed E-state index contributed by atoms with van der Waals surface area (Å²) in [4.78, 5) is 31.3. The van der Waals surface area contributed by atoms with Gasteiger partial charge in [-0.15, -0.1) is 0 Å². The molecule has 1 N–H and O–H groups in total. The highest BCUT2D eigenvalue weighted by atomic mass is 16.3. The SMILES string of the molecule is Cc1cccc(-c2cccc(NC(=O)[C@H]3CCCN(C(=O)c4ncoc4C)C3)c2)c1. The van der Waals surface area contributed by atoms with E-state index >= 15 is 0 Å². The lowest BCUT2D eigenvalue weighted by Gasteiger charge is -2.31. The minimum Gasteiger partial charge on any atom is -0.448 e. The Morgan fingerprint density at radius 1 is 1.10 bits per heavy atom. The number of aryl methyl sites for hydroxylation is 2. The maximum absolute atomic E-state index is 12.9. The Hall–Kier alpha value is -3.41. The van der Waals surface area contributed by atoms with Crippen LogP contribution in [0.15, 0.2) is 59.3 Å². The summed E-state index contributed by atoms with van der Waals surface area (Å²) in [6.45, 7) is 4.79. The Labute approximate surface area is 175 Å². The van der Waals surface area contributed by atoms with E-state index in [9.17, 15) is 9.59 Å². The fraction of sp³-hybridized carbons (Fsp3) is 0.292. The molecule has 6 nitrogen and oxygen atoms in total. The smallest absolute Gasteiger partial charge is 0.276 e. The van der Waals surface area contributed by atoms with Crippen LogP contribution in [0.5, 0.6) is 0 Å². The van der Waals surface area contributed by atoms with Crippen LogP contribution in [0.2, 0.25) is 0 Å². The van der Waals surface area contributed by atoms with Gasteiger partial charge in [-0.25, -0.2) is 4.98 Å². The molecule has 1 fully saturated rings. The Balaban J connectivity index is 1.44. The van der Waals surface area contributed by atoms with E-state index in [0.29, 0.717) is 24.5 Å². The summed E-state index contributed by atoms with van der Waals surface area (Å²) in [5.41, 5.74) is 4.44. The van der Waals surface area contributed by atoms with Crippen molar-refractivity contribution in [2.24, 2.45) is 5.92 Å². The molecule has 154 valence electrons. The van der Waals surface area contributed by atoms with Gasteiger partial charge in [-0.05, 0) is 49.9 Å². The molecule has 0 spiro atoms. The number of nitrogens with one attached hydrogen (secondary N) is 1. The van der Waals surface area contributed by atoms with E-state index in [1.807, 2.05) is 30.3 Å². The predicted octanol–water partition coefficient (Wildman–Crippen LogP) is 4.45. The van der Waals surface area contributed by atoms with Crippen LogP contribution in [0, 0.1) is 19.8 Å².